The molecule has 5 heteroatoms. The highest BCUT2D eigenvalue weighted by atomic mass is 19.4. The number of halogens is 3. The van der Waals surface area contributed by atoms with Crippen LogP contribution in [0.25, 0.3) is 0 Å². The predicted octanol–water partition coefficient (Wildman–Crippen LogP) is 4.53. The van der Waals surface area contributed by atoms with E-state index in [2.05, 4.69) is 17.0 Å². The van der Waals surface area contributed by atoms with Crippen molar-refractivity contribution in [2.45, 2.75) is 38.5 Å². The van der Waals surface area contributed by atoms with Crippen LogP contribution in [0.2, 0.25) is 0 Å². The van der Waals surface area contributed by atoms with Crippen LogP contribution in [0.5, 0.6) is 5.75 Å². The first-order chi connectivity index (χ1) is 9.44. The van der Waals surface area contributed by atoms with Crippen LogP contribution in [0.3, 0.4) is 0 Å². The standard InChI is InChI=1S/C15H18F3NO/c1-9-3-2-4-11(9)13-8-19-14-6-5-10(7-12(13)14)20-15(16,17)18/h5-7,9,11,13,19H,2-4,8H2,1H3. The molecule has 1 fully saturated rings. The molecule has 1 aromatic carbocycles. The third-order valence-electron chi connectivity index (χ3n) is 4.61. The maximum atomic E-state index is 12.3. The van der Waals surface area contributed by atoms with E-state index in [1.165, 1.54) is 18.9 Å². The van der Waals surface area contributed by atoms with E-state index in [1.54, 1.807) is 12.1 Å². The minimum atomic E-state index is -4.63. The second kappa shape index (κ2) is 4.86. The van der Waals surface area contributed by atoms with Crippen molar-refractivity contribution in [3.63, 3.8) is 0 Å². The summed E-state index contributed by atoms with van der Waals surface area (Å²) in [5.74, 6) is 1.39. The molecule has 0 radical (unpaired) electrons. The van der Waals surface area contributed by atoms with E-state index in [0.29, 0.717) is 17.8 Å². The molecule has 3 rings (SSSR count). The van der Waals surface area contributed by atoms with Crippen LogP contribution in [0.4, 0.5) is 18.9 Å². The quantitative estimate of drug-likeness (QED) is 0.862. The zero-order valence-corrected chi connectivity index (χ0v) is 11.3. The Hall–Kier alpha value is -1.39. The number of fused-ring (bicyclic) bond motifs is 1. The summed E-state index contributed by atoms with van der Waals surface area (Å²) in [6.07, 6.45) is -1.03. The Kier molecular flexibility index (Phi) is 3.30. The van der Waals surface area contributed by atoms with E-state index in [1.807, 2.05) is 0 Å². The summed E-state index contributed by atoms with van der Waals surface area (Å²) in [4.78, 5) is 0. The number of ether oxygens (including phenoxy) is 1. The maximum Gasteiger partial charge on any atom is 0.573 e. The molecule has 1 aliphatic carbocycles. The van der Waals surface area contributed by atoms with Crippen LogP contribution < -0.4 is 10.1 Å². The van der Waals surface area contributed by atoms with Gasteiger partial charge in [0.15, 0.2) is 0 Å². The Bertz CT molecular complexity index is 500. The van der Waals surface area contributed by atoms with E-state index in [-0.39, 0.29) is 5.75 Å². The number of alkyl halides is 3. The molecule has 2 nitrogen and oxygen atoms in total. The number of hydrogen-bond acceptors (Lipinski definition) is 2. The van der Waals surface area contributed by atoms with Gasteiger partial charge in [-0.25, -0.2) is 0 Å². The highest BCUT2D eigenvalue weighted by Crippen LogP contribution is 2.47. The van der Waals surface area contributed by atoms with Gasteiger partial charge < -0.3 is 10.1 Å². The number of anilines is 1. The molecule has 2 aliphatic rings. The average molecular weight is 285 g/mol. The zero-order chi connectivity index (χ0) is 14.3. The van der Waals surface area contributed by atoms with Crippen molar-refractivity contribution >= 4 is 5.69 Å². The highest BCUT2D eigenvalue weighted by molar-refractivity contribution is 5.60. The van der Waals surface area contributed by atoms with E-state index < -0.39 is 6.36 Å². The predicted molar refractivity (Wildman–Crippen MR) is 70.9 cm³/mol. The first-order valence-corrected chi connectivity index (χ1v) is 7.07. The summed E-state index contributed by atoms with van der Waals surface area (Å²) in [6, 6.07) is 4.62. The Morgan fingerprint density at radius 2 is 2.05 bits per heavy atom. The molecule has 1 heterocycles. The minimum Gasteiger partial charge on any atom is -0.406 e. The van der Waals surface area contributed by atoms with Crippen molar-refractivity contribution in [1.29, 1.82) is 0 Å². The van der Waals surface area contributed by atoms with Gasteiger partial charge in [0.2, 0.25) is 0 Å². The molecule has 1 aliphatic heterocycles. The number of benzene rings is 1. The topological polar surface area (TPSA) is 21.3 Å². The van der Waals surface area contributed by atoms with Gasteiger partial charge in [-0.3, -0.25) is 0 Å². The molecule has 3 unspecified atom stereocenters. The molecule has 1 saturated carbocycles. The number of hydrogen-bond donors (Lipinski definition) is 1. The van der Waals surface area contributed by atoms with E-state index in [0.717, 1.165) is 24.2 Å². The molecule has 0 amide bonds. The first kappa shape index (κ1) is 13.6. The summed E-state index contributed by atoms with van der Waals surface area (Å²) in [5.41, 5.74) is 1.93. The first-order valence-electron chi connectivity index (χ1n) is 7.07. The number of nitrogens with one attached hydrogen (secondary N) is 1. The van der Waals surface area contributed by atoms with Gasteiger partial charge in [0.25, 0.3) is 0 Å². The van der Waals surface area contributed by atoms with Crippen molar-refractivity contribution in [1.82, 2.24) is 0 Å². The summed E-state index contributed by atoms with van der Waals surface area (Å²) in [6.45, 7) is 3.06. The van der Waals surface area contributed by atoms with Gasteiger partial charge in [-0.15, -0.1) is 13.2 Å². The van der Waals surface area contributed by atoms with Crippen LogP contribution in [0, 0.1) is 11.8 Å². The van der Waals surface area contributed by atoms with Gasteiger partial charge >= 0.3 is 6.36 Å². The molecule has 20 heavy (non-hydrogen) atoms. The molecule has 0 spiro atoms. The second-order valence-electron chi connectivity index (χ2n) is 5.86. The third kappa shape index (κ3) is 2.58. The van der Waals surface area contributed by atoms with Crippen LogP contribution in [0.1, 0.15) is 37.7 Å². The summed E-state index contributed by atoms with van der Waals surface area (Å²) in [7, 11) is 0. The monoisotopic (exact) mass is 285 g/mol. The molecular formula is C15H18F3NO. The lowest BCUT2D eigenvalue weighted by atomic mass is 9.81. The van der Waals surface area contributed by atoms with Gasteiger partial charge in [-0.2, -0.15) is 0 Å². The van der Waals surface area contributed by atoms with Gasteiger partial charge in [0, 0.05) is 18.2 Å². The molecule has 0 aromatic heterocycles. The van der Waals surface area contributed by atoms with Crippen molar-refractivity contribution in [2.24, 2.45) is 11.8 Å². The molecule has 0 saturated heterocycles. The Morgan fingerprint density at radius 3 is 2.70 bits per heavy atom. The van der Waals surface area contributed by atoms with Gasteiger partial charge in [-0.05, 0) is 42.0 Å². The average Bonchev–Trinajstić information content (AvgIpc) is 2.92. The smallest absolute Gasteiger partial charge is 0.406 e. The van der Waals surface area contributed by atoms with E-state index in [4.69, 9.17) is 0 Å². The highest BCUT2D eigenvalue weighted by Gasteiger charge is 2.37. The van der Waals surface area contributed by atoms with Crippen molar-refractivity contribution in [2.75, 3.05) is 11.9 Å². The minimum absolute atomic E-state index is 0.115. The summed E-state index contributed by atoms with van der Waals surface area (Å²) < 4.78 is 41.0. The van der Waals surface area contributed by atoms with Crippen LogP contribution in [0.15, 0.2) is 18.2 Å². The van der Waals surface area contributed by atoms with E-state index >= 15 is 0 Å². The van der Waals surface area contributed by atoms with Crippen molar-refractivity contribution in [3.8, 4) is 5.75 Å². The van der Waals surface area contributed by atoms with Gasteiger partial charge in [0.1, 0.15) is 5.75 Å². The Labute approximate surface area is 116 Å². The fourth-order valence-corrected chi connectivity index (χ4v) is 3.69. The summed E-state index contributed by atoms with van der Waals surface area (Å²) in [5, 5.41) is 3.30. The van der Waals surface area contributed by atoms with Crippen LogP contribution in [-0.4, -0.2) is 12.9 Å². The lowest BCUT2D eigenvalue weighted by Crippen LogP contribution is -2.18. The molecule has 1 N–H and O–H groups in total. The third-order valence-corrected chi connectivity index (χ3v) is 4.61. The molecule has 1 aromatic rings. The zero-order valence-electron chi connectivity index (χ0n) is 11.3. The van der Waals surface area contributed by atoms with Crippen molar-refractivity contribution < 1.29 is 17.9 Å². The molecular weight excluding hydrogens is 267 g/mol. The van der Waals surface area contributed by atoms with Gasteiger partial charge in [0.05, 0.1) is 0 Å². The van der Waals surface area contributed by atoms with Crippen LogP contribution in [-0.2, 0) is 0 Å². The second-order valence-corrected chi connectivity index (χ2v) is 5.86. The SMILES string of the molecule is CC1CCCC1C1CNc2ccc(OC(F)(F)F)cc21. The largest absolute Gasteiger partial charge is 0.573 e. The fraction of sp³-hybridized carbons (Fsp3) is 0.600. The molecule has 0 bridgehead atoms. The lowest BCUT2D eigenvalue weighted by Gasteiger charge is -2.23. The number of rotatable bonds is 2. The molecule has 3 atom stereocenters. The van der Waals surface area contributed by atoms with Crippen LogP contribution >= 0.6 is 0 Å². The molecule has 110 valence electrons. The fourth-order valence-electron chi connectivity index (χ4n) is 3.69. The Morgan fingerprint density at radius 1 is 1.25 bits per heavy atom. The maximum absolute atomic E-state index is 12.3. The van der Waals surface area contributed by atoms with E-state index in [9.17, 15) is 13.2 Å². The lowest BCUT2D eigenvalue weighted by molar-refractivity contribution is -0.274. The Balaban J connectivity index is 1.86. The van der Waals surface area contributed by atoms with Gasteiger partial charge in [-0.1, -0.05) is 19.8 Å². The summed E-state index contributed by atoms with van der Waals surface area (Å²) >= 11 is 0. The normalized spacial score (nSPS) is 29.1. The van der Waals surface area contributed by atoms with Crippen molar-refractivity contribution in [3.05, 3.63) is 23.8 Å².